The van der Waals surface area contributed by atoms with Crippen LogP contribution in [0.15, 0.2) is 72.8 Å². The third kappa shape index (κ3) is 6.11. The maximum Gasteiger partial charge on any atom is 0.410 e. The number of rotatable bonds is 5. The Morgan fingerprint density at radius 1 is 0.973 bits per heavy atom. The van der Waals surface area contributed by atoms with Gasteiger partial charge in [-0.05, 0) is 69.3 Å². The molecule has 0 aliphatic carbocycles. The van der Waals surface area contributed by atoms with E-state index in [1.165, 1.54) is 18.2 Å². The number of hydrogen-bond acceptors (Lipinski definition) is 5. The zero-order valence-corrected chi connectivity index (χ0v) is 20.7. The Morgan fingerprint density at radius 2 is 1.62 bits per heavy atom. The van der Waals surface area contributed by atoms with Crippen LogP contribution in [0.4, 0.5) is 13.6 Å². The van der Waals surface area contributed by atoms with E-state index in [-0.39, 0.29) is 29.1 Å². The van der Waals surface area contributed by atoms with Crippen LogP contribution in [0.3, 0.4) is 0 Å². The van der Waals surface area contributed by atoms with Crippen molar-refractivity contribution in [2.45, 2.75) is 32.3 Å². The lowest BCUT2D eigenvalue weighted by Gasteiger charge is -2.34. The molecule has 4 rings (SSSR count). The summed E-state index contributed by atoms with van der Waals surface area (Å²) >= 11 is 0. The molecule has 2 N–H and O–H groups in total. The molecule has 1 aliphatic rings. The Kier molecular flexibility index (Phi) is 6.98. The third-order valence-electron chi connectivity index (χ3n) is 5.49. The van der Waals surface area contributed by atoms with E-state index in [0.29, 0.717) is 17.1 Å². The molecule has 0 radical (unpaired) electrons. The highest BCUT2D eigenvalue weighted by atomic mass is 19.3. The van der Waals surface area contributed by atoms with Gasteiger partial charge in [0.25, 0.3) is 11.8 Å². The van der Waals surface area contributed by atoms with Gasteiger partial charge >= 0.3 is 6.09 Å². The molecule has 0 bridgehead atoms. The summed E-state index contributed by atoms with van der Waals surface area (Å²) in [5.74, 6) is -2.92. The lowest BCUT2D eigenvalue weighted by atomic mass is 9.97. The molecule has 0 fully saturated rings. The van der Waals surface area contributed by atoms with Gasteiger partial charge in [-0.1, -0.05) is 24.3 Å². The van der Waals surface area contributed by atoms with Crippen molar-refractivity contribution in [1.82, 2.24) is 9.88 Å². The number of hydrogen-bond donors (Lipinski definition) is 1. The lowest BCUT2D eigenvalue weighted by Crippen LogP contribution is -2.47. The van der Waals surface area contributed by atoms with E-state index >= 15 is 8.78 Å². The molecule has 2 heterocycles. The molecule has 0 atom stereocenters. The summed E-state index contributed by atoms with van der Waals surface area (Å²) in [6.07, 6.45) is 0.429. The number of amides is 2. The number of benzene rings is 2. The highest BCUT2D eigenvalue weighted by Gasteiger charge is 2.43. The van der Waals surface area contributed by atoms with Crippen molar-refractivity contribution in [3.8, 4) is 22.8 Å². The molecule has 0 spiro atoms. The predicted molar refractivity (Wildman–Crippen MR) is 135 cm³/mol. The predicted octanol–water partition coefficient (Wildman–Crippen LogP) is 5.91. The highest BCUT2D eigenvalue weighted by Crippen LogP contribution is 2.37. The van der Waals surface area contributed by atoms with Crippen LogP contribution in [-0.4, -0.2) is 46.5 Å². The number of ether oxygens (including phenoxy) is 2. The summed E-state index contributed by atoms with van der Waals surface area (Å²) < 4.78 is 41.4. The minimum atomic E-state index is -3.39. The summed E-state index contributed by atoms with van der Waals surface area (Å²) in [6, 6.07) is 18.6. The molecule has 2 aromatic carbocycles. The van der Waals surface area contributed by atoms with Crippen molar-refractivity contribution in [2.24, 2.45) is 5.73 Å². The maximum atomic E-state index is 15.2. The monoisotopic (exact) mass is 507 g/mol. The molecule has 0 saturated heterocycles. The second-order valence-electron chi connectivity index (χ2n) is 9.58. The number of alkyl halides is 2. The van der Waals surface area contributed by atoms with Crippen LogP contribution < -0.4 is 10.5 Å². The molecular formula is C28H27F2N3O4. The standard InChI is InChI=1S/C28H27F2N3O4/c1-27(2,3)37-26(35)33-16-15-22(28(29,30)17-33)23-14-13-21(25(31)34)24(32-23)18-9-11-20(12-10-18)36-19-7-5-4-6-8-19/h4-15H,16-17H2,1-3H3,(H2,31,34). The van der Waals surface area contributed by atoms with Crippen LogP contribution >= 0.6 is 0 Å². The number of halogens is 2. The molecule has 3 aromatic rings. The SMILES string of the molecule is CC(C)(C)OC(=O)N1CC=C(c2ccc(C(N)=O)c(-c3ccc(Oc4ccccc4)cc3)n2)C(F)(F)C1. The van der Waals surface area contributed by atoms with Gasteiger partial charge in [-0.15, -0.1) is 0 Å². The largest absolute Gasteiger partial charge is 0.457 e. The highest BCUT2D eigenvalue weighted by molar-refractivity contribution is 5.99. The molecule has 1 aliphatic heterocycles. The Morgan fingerprint density at radius 3 is 2.22 bits per heavy atom. The maximum absolute atomic E-state index is 15.2. The number of para-hydroxylation sites is 1. The number of carbonyl (C=O) groups is 2. The number of nitrogens with two attached hydrogens (primary N) is 1. The van der Waals surface area contributed by atoms with Crippen molar-refractivity contribution in [3.05, 3.63) is 84.1 Å². The van der Waals surface area contributed by atoms with Gasteiger partial charge in [0.2, 0.25) is 0 Å². The Labute approximate surface area is 213 Å². The van der Waals surface area contributed by atoms with Gasteiger partial charge in [0, 0.05) is 17.7 Å². The molecule has 37 heavy (non-hydrogen) atoms. The van der Waals surface area contributed by atoms with Gasteiger partial charge in [-0.2, -0.15) is 8.78 Å². The van der Waals surface area contributed by atoms with Crippen molar-refractivity contribution >= 4 is 17.6 Å². The van der Waals surface area contributed by atoms with E-state index in [2.05, 4.69) is 4.98 Å². The number of primary amides is 1. The first kappa shape index (κ1) is 25.8. The second-order valence-corrected chi connectivity index (χ2v) is 9.58. The summed E-state index contributed by atoms with van der Waals surface area (Å²) in [5, 5.41) is 0. The van der Waals surface area contributed by atoms with Crippen LogP contribution in [0.2, 0.25) is 0 Å². The average molecular weight is 508 g/mol. The fourth-order valence-corrected chi connectivity index (χ4v) is 3.83. The second kappa shape index (κ2) is 10.0. The summed E-state index contributed by atoms with van der Waals surface area (Å²) in [6.45, 7) is 4.08. The molecule has 0 unspecified atom stereocenters. The third-order valence-corrected chi connectivity index (χ3v) is 5.49. The van der Waals surface area contributed by atoms with Gasteiger partial charge in [-0.3, -0.25) is 9.69 Å². The molecule has 192 valence electrons. The minimum absolute atomic E-state index is 0.0153. The van der Waals surface area contributed by atoms with E-state index < -0.39 is 30.1 Å². The van der Waals surface area contributed by atoms with Gasteiger partial charge in [-0.25, -0.2) is 9.78 Å². The van der Waals surface area contributed by atoms with Crippen molar-refractivity contribution in [2.75, 3.05) is 13.1 Å². The van der Waals surface area contributed by atoms with Crippen LogP contribution in [0.1, 0.15) is 36.8 Å². The number of carbonyl (C=O) groups excluding carboxylic acids is 2. The van der Waals surface area contributed by atoms with E-state index in [9.17, 15) is 9.59 Å². The van der Waals surface area contributed by atoms with E-state index in [1.54, 1.807) is 45.0 Å². The molecule has 0 saturated carbocycles. The Bertz CT molecular complexity index is 1330. The molecule has 1 aromatic heterocycles. The van der Waals surface area contributed by atoms with Crippen LogP contribution in [0.5, 0.6) is 11.5 Å². The Balaban J connectivity index is 1.63. The first-order valence-corrected chi connectivity index (χ1v) is 11.6. The first-order chi connectivity index (χ1) is 17.4. The zero-order chi connectivity index (χ0) is 26.8. The molecule has 7 nitrogen and oxygen atoms in total. The topological polar surface area (TPSA) is 94.8 Å². The Hall–Kier alpha value is -4.27. The van der Waals surface area contributed by atoms with Crippen LogP contribution in [0, 0.1) is 0 Å². The summed E-state index contributed by atoms with van der Waals surface area (Å²) in [7, 11) is 0. The number of pyridine rings is 1. The van der Waals surface area contributed by atoms with Gasteiger partial charge in [0.05, 0.1) is 23.5 Å². The number of aromatic nitrogens is 1. The van der Waals surface area contributed by atoms with Crippen LogP contribution in [0.25, 0.3) is 16.8 Å². The van der Waals surface area contributed by atoms with Crippen molar-refractivity contribution in [3.63, 3.8) is 0 Å². The zero-order valence-electron chi connectivity index (χ0n) is 20.7. The minimum Gasteiger partial charge on any atom is -0.457 e. The van der Waals surface area contributed by atoms with E-state index in [0.717, 1.165) is 4.90 Å². The van der Waals surface area contributed by atoms with Crippen molar-refractivity contribution in [1.29, 1.82) is 0 Å². The molecule has 2 amide bonds. The lowest BCUT2D eigenvalue weighted by molar-refractivity contribution is -0.0106. The van der Waals surface area contributed by atoms with Crippen molar-refractivity contribution < 1.29 is 27.8 Å². The molecular weight excluding hydrogens is 480 g/mol. The number of nitrogens with zero attached hydrogens (tertiary/aromatic N) is 2. The normalized spacial score (nSPS) is 15.1. The summed E-state index contributed by atoms with van der Waals surface area (Å²) in [5.41, 5.74) is 5.15. The quantitative estimate of drug-likeness (QED) is 0.463. The van der Waals surface area contributed by atoms with E-state index in [1.807, 2.05) is 30.3 Å². The van der Waals surface area contributed by atoms with Gasteiger partial charge in [0.1, 0.15) is 17.1 Å². The first-order valence-electron chi connectivity index (χ1n) is 11.6. The average Bonchev–Trinajstić information content (AvgIpc) is 2.83. The van der Waals surface area contributed by atoms with Crippen LogP contribution in [-0.2, 0) is 4.74 Å². The van der Waals surface area contributed by atoms with Gasteiger partial charge < -0.3 is 15.2 Å². The smallest absolute Gasteiger partial charge is 0.410 e. The van der Waals surface area contributed by atoms with E-state index in [4.69, 9.17) is 15.2 Å². The van der Waals surface area contributed by atoms with Gasteiger partial charge in [0.15, 0.2) is 0 Å². The fourth-order valence-electron chi connectivity index (χ4n) is 3.83. The summed E-state index contributed by atoms with van der Waals surface area (Å²) in [4.78, 5) is 29.7. The fraction of sp³-hybridized carbons (Fsp3) is 0.250. The molecule has 9 heteroatoms.